The van der Waals surface area contributed by atoms with Crippen molar-refractivity contribution in [3.05, 3.63) is 22.4 Å². The quantitative estimate of drug-likeness (QED) is 0.886. The van der Waals surface area contributed by atoms with Gasteiger partial charge < -0.3 is 5.32 Å². The zero-order valence-corrected chi connectivity index (χ0v) is 12.0. The molecule has 1 atom stereocenters. The Kier molecular flexibility index (Phi) is 4.23. The van der Waals surface area contributed by atoms with Crippen LogP contribution < -0.4 is 5.32 Å². The van der Waals surface area contributed by atoms with Gasteiger partial charge in [-0.15, -0.1) is 11.3 Å². The van der Waals surface area contributed by atoms with Gasteiger partial charge in [0.15, 0.2) is 0 Å². The van der Waals surface area contributed by atoms with Crippen LogP contribution in [0.5, 0.6) is 0 Å². The topological polar surface area (TPSA) is 15.3 Å². The molecule has 17 heavy (non-hydrogen) atoms. The van der Waals surface area contributed by atoms with Gasteiger partial charge >= 0.3 is 0 Å². The highest BCUT2D eigenvalue weighted by Crippen LogP contribution is 2.29. The van der Waals surface area contributed by atoms with Gasteiger partial charge in [-0.25, -0.2) is 0 Å². The lowest BCUT2D eigenvalue weighted by Crippen LogP contribution is -2.54. The summed E-state index contributed by atoms with van der Waals surface area (Å²) < 4.78 is 0. The summed E-state index contributed by atoms with van der Waals surface area (Å²) in [5.74, 6) is 0. The van der Waals surface area contributed by atoms with E-state index in [0.29, 0.717) is 6.04 Å². The first-order valence-corrected chi connectivity index (χ1v) is 7.50. The lowest BCUT2D eigenvalue weighted by Gasteiger charge is -2.40. The Balaban J connectivity index is 2.03. The number of hydrogen-bond acceptors (Lipinski definition) is 3. The molecule has 0 amide bonds. The van der Waals surface area contributed by atoms with Crippen molar-refractivity contribution < 1.29 is 0 Å². The fourth-order valence-corrected chi connectivity index (χ4v) is 3.51. The van der Waals surface area contributed by atoms with E-state index in [0.717, 1.165) is 13.1 Å². The van der Waals surface area contributed by atoms with E-state index in [4.69, 9.17) is 0 Å². The van der Waals surface area contributed by atoms with E-state index in [2.05, 4.69) is 48.5 Å². The smallest absolute Gasteiger partial charge is 0.0218 e. The van der Waals surface area contributed by atoms with Crippen molar-refractivity contribution in [3.63, 3.8) is 0 Å². The Morgan fingerprint density at radius 2 is 2.35 bits per heavy atom. The van der Waals surface area contributed by atoms with Crippen LogP contribution in [0.4, 0.5) is 0 Å². The van der Waals surface area contributed by atoms with Gasteiger partial charge in [0, 0.05) is 42.5 Å². The third-order valence-corrected chi connectivity index (χ3v) is 4.97. The first kappa shape index (κ1) is 13.1. The normalized spacial score (nSPS) is 22.9. The van der Waals surface area contributed by atoms with Gasteiger partial charge in [-0.2, -0.15) is 0 Å². The number of nitrogens with zero attached hydrogens (tertiary/aromatic N) is 1. The van der Waals surface area contributed by atoms with E-state index in [1.807, 2.05) is 11.3 Å². The molecular weight excluding hydrogens is 228 g/mol. The van der Waals surface area contributed by atoms with Crippen LogP contribution in [0.2, 0.25) is 0 Å². The van der Waals surface area contributed by atoms with Crippen LogP contribution in [0.3, 0.4) is 0 Å². The van der Waals surface area contributed by atoms with Gasteiger partial charge in [0.25, 0.3) is 0 Å². The zero-order valence-electron chi connectivity index (χ0n) is 11.2. The fraction of sp³-hybridized carbons (Fsp3) is 0.714. The predicted molar refractivity (Wildman–Crippen MR) is 75.9 cm³/mol. The van der Waals surface area contributed by atoms with E-state index >= 15 is 0 Å². The second-order valence-corrected chi connectivity index (χ2v) is 6.55. The molecule has 96 valence electrons. The van der Waals surface area contributed by atoms with Crippen LogP contribution in [0.25, 0.3) is 0 Å². The first-order valence-electron chi connectivity index (χ1n) is 6.62. The molecule has 1 unspecified atom stereocenters. The van der Waals surface area contributed by atoms with Crippen molar-refractivity contribution in [2.45, 2.75) is 38.6 Å². The Morgan fingerprint density at radius 1 is 1.53 bits per heavy atom. The highest BCUT2D eigenvalue weighted by Gasteiger charge is 2.29. The SMILES string of the molecule is CCC1CNCCN1CC(C)(C)c1cccs1. The number of nitrogens with one attached hydrogen (secondary N) is 1. The zero-order chi connectivity index (χ0) is 12.3. The Morgan fingerprint density at radius 3 is 3.00 bits per heavy atom. The highest BCUT2D eigenvalue weighted by molar-refractivity contribution is 7.10. The van der Waals surface area contributed by atoms with Gasteiger partial charge in [-0.1, -0.05) is 26.8 Å². The van der Waals surface area contributed by atoms with Crippen LogP contribution in [0.15, 0.2) is 17.5 Å². The predicted octanol–water partition coefficient (Wildman–Crippen LogP) is 2.71. The molecule has 0 radical (unpaired) electrons. The Bertz CT molecular complexity index is 332. The van der Waals surface area contributed by atoms with Crippen LogP contribution in [-0.4, -0.2) is 37.1 Å². The van der Waals surface area contributed by atoms with Crippen LogP contribution >= 0.6 is 11.3 Å². The van der Waals surface area contributed by atoms with Crippen molar-refractivity contribution in [3.8, 4) is 0 Å². The first-order chi connectivity index (χ1) is 8.13. The van der Waals surface area contributed by atoms with Crippen molar-refractivity contribution in [1.29, 1.82) is 0 Å². The second kappa shape index (κ2) is 5.51. The molecule has 1 saturated heterocycles. The fourth-order valence-electron chi connectivity index (χ4n) is 2.66. The number of hydrogen-bond donors (Lipinski definition) is 1. The molecule has 0 spiro atoms. The summed E-state index contributed by atoms with van der Waals surface area (Å²) in [4.78, 5) is 4.17. The summed E-state index contributed by atoms with van der Waals surface area (Å²) in [5.41, 5.74) is 0.277. The summed E-state index contributed by atoms with van der Waals surface area (Å²) in [7, 11) is 0. The summed E-state index contributed by atoms with van der Waals surface area (Å²) in [6.45, 7) is 11.7. The molecule has 1 fully saturated rings. The van der Waals surface area contributed by atoms with Gasteiger partial charge in [0.1, 0.15) is 0 Å². The van der Waals surface area contributed by atoms with Crippen molar-refractivity contribution in [2.24, 2.45) is 0 Å². The third-order valence-electron chi connectivity index (χ3n) is 3.73. The average molecular weight is 252 g/mol. The maximum Gasteiger partial charge on any atom is 0.0218 e. The molecule has 0 aliphatic carbocycles. The van der Waals surface area contributed by atoms with E-state index in [-0.39, 0.29) is 5.41 Å². The highest BCUT2D eigenvalue weighted by atomic mass is 32.1. The van der Waals surface area contributed by atoms with Crippen molar-refractivity contribution in [1.82, 2.24) is 10.2 Å². The minimum Gasteiger partial charge on any atom is -0.314 e. The average Bonchev–Trinajstić information content (AvgIpc) is 2.83. The lowest BCUT2D eigenvalue weighted by atomic mass is 9.89. The molecule has 1 aromatic heterocycles. The standard InChI is InChI=1S/C14H24N2S/c1-4-12-10-15-7-8-16(12)11-14(2,3)13-6-5-9-17-13/h5-6,9,12,15H,4,7-8,10-11H2,1-3H3. The molecule has 0 saturated carbocycles. The Labute approximate surface area is 109 Å². The van der Waals surface area contributed by atoms with E-state index in [1.54, 1.807) is 0 Å². The van der Waals surface area contributed by atoms with Gasteiger partial charge in [0.05, 0.1) is 0 Å². The van der Waals surface area contributed by atoms with Crippen LogP contribution in [-0.2, 0) is 5.41 Å². The molecule has 1 aromatic rings. The van der Waals surface area contributed by atoms with Gasteiger partial charge in [-0.05, 0) is 17.9 Å². The largest absolute Gasteiger partial charge is 0.314 e. The number of piperazine rings is 1. The van der Waals surface area contributed by atoms with E-state index in [1.165, 1.54) is 24.4 Å². The molecule has 0 aromatic carbocycles. The molecule has 0 bridgehead atoms. The minimum absolute atomic E-state index is 0.277. The van der Waals surface area contributed by atoms with Crippen molar-refractivity contribution in [2.75, 3.05) is 26.2 Å². The summed E-state index contributed by atoms with van der Waals surface area (Å²) in [6, 6.07) is 5.15. The van der Waals surface area contributed by atoms with E-state index in [9.17, 15) is 0 Å². The maximum atomic E-state index is 3.50. The monoisotopic (exact) mass is 252 g/mol. The van der Waals surface area contributed by atoms with Crippen molar-refractivity contribution >= 4 is 11.3 Å². The van der Waals surface area contributed by atoms with Gasteiger partial charge in [0.2, 0.25) is 0 Å². The summed E-state index contributed by atoms with van der Waals surface area (Å²) >= 11 is 1.88. The molecule has 2 nitrogen and oxygen atoms in total. The number of thiophene rings is 1. The summed E-state index contributed by atoms with van der Waals surface area (Å²) in [5, 5.41) is 5.68. The molecule has 1 N–H and O–H groups in total. The molecule has 2 rings (SSSR count). The van der Waals surface area contributed by atoms with E-state index < -0.39 is 0 Å². The van der Waals surface area contributed by atoms with Crippen LogP contribution in [0, 0.1) is 0 Å². The Hall–Kier alpha value is -0.380. The van der Waals surface area contributed by atoms with Gasteiger partial charge in [-0.3, -0.25) is 4.90 Å². The molecule has 1 aliphatic heterocycles. The minimum atomic E-state index is 0.277. The third kappa shape index (κ3) is 3.09. The summed E-state index contributed by atoms with van der Waals surface area (Å²) in [6.07, 6.45) is 1.24. The molecular formula is C14H24N2S. The number of rotatable bonds is 4. The maximum absolute atomic E-state index is 3.50. The van der Waals surface area contributed by atoms with Crippen LogP contribution in [0.1, 0.15) is 32.1 Å². The lowest BCUT2D eigenvalue weighted by molar-refractivity contribution is 0.130. The molecule has 3 heteroatoms. The second-order valence-electron chi connectivity index (χ2n) is 5.60. The molecule has 1 aliphatic rings. The molecule has 2 heterocycles.